The minimum Gasteiger partial charge on any atom is -0.497 e. The van der Waals surface area contributed by atoms with E-state index in [9.17, 15) is 4.79 Å². The van der Waals surface area contributed by atoms with Gasteiger partial charge in [0.1, 0.15) is 5.75 Å². The highest BCUT2D eigenvalue weighted by Gasteiger charge is 2.36. The van der Waals surface area contributed by atoms with Gasteiger partial charge >= 0.3 is 5.97 Å². The molecule has 0 unspecified atom stereocenters. The highest BCUT2D eigenvalue weighted by atomic mass is 16.5. The molecular weight excluding hydrogens is 458 g/mol. The largest absolute Gasteiger partial charge is 0.497 e. The zero-order valence-electron chi connectivity index (χ0n) is 21.1. The van der Waals surface area contributed by atoms with Crippen LogP contribution in [0.1, 0.15) is 50.5 Å². The van der Waals surface area contributed by atoms with Crippen molar-refractivity contribution in [1.29, 1.82) is 0 Å². The number of fused-ring (bicyclic) bond motifs is 3. The number of benzene rings is 4. The Morgan fingerprint density at radius 2 is 1.57 bits per heavy atom. The van der Waals surface area contributed by atoms with E-state index < -0.39 is 0 Å². The van der Waals surface area contributed by atoms with Gasteiger partial charge in [-0.05, 0) is 71.0 Å². The lowest BCUT2D eigenvalue weighted by Crippen LogP contribution is -2.32. The summed E-state index contributed by atoms with van der Waals surface area (Å²) in [7, 11) is 3.12. The highest BCUT2D eigenvalue weighted by molar-refractivity contribution is 5.91. The van der Waals surface area contributed by atoms with Crippen molar-refractivity contribution < 1.29 is 14.3 Å². The van der Waals surface area contributed by atoms with Gasteiger partial charge in [-0.25, -0.2) is 4.79 Å². The van der Waals surface area contributed by atoms with Crippen LogP contribution in [0.25, 0.3) is 5.70 Å². The summed E-state index contributed by atoms with van der Waals surface area (Å²) in [6, 6.07) is 33.8. The first kappa shape index (κ1) is 23.1. The van der Waals surface area contributed by atoms with Crippen molar-refractivity contribution in [1.82, 2.24) is 0 Å². The Morgan fingerprint density at radius 3 is 2.32 bits per heavy atom. The van der Waals surface area contributed by atoms with Gasteiger partial charge in [0.15, 0.2) is 0 Å². The number of allylic oxidation sites excluding steroid dienone is 1. The predicted octanol–water partition coefficient (Wildman–Crippen LogP) is 6.99. The summed E-state index contributed by atoms with van der Waals surface area (Å²) in [5, 5.41) is 0. The zero-order valence-corrected chi connectivity index (χ0v) is 21.1. The molecule has 4 nitrogen and oxygen atoms in total. The van der Waals surface area contributed by atoms with Crippen molar-refractivity contribution in [2.24, 2.45) is 0 Å². The third kappa shape index (κ3) is 4.09. The Bertz CT molecular complexity index is 1490. The molecule has 6 rings (SSSR count). The van der Waals surface area contributed by atoms with Crippen LogP contribution in [0.5, 0.6) is 5.75 Å². The second kappa shape index (κ2) is 9.62. The van der Waals surface area contributed by atoms with Crippen LogP contribution in [-0.4, -0.2) is 20.2 Å². The van der Waals surface area contributed by atoms with Gasteiger partial charge in [0.05, 0.1) is 19.8 Å². The first-order valence-electron chi connectivity index (χ1n) is 12.7. The number of carbonyl (C=O) groups is 1. The maximum atomic E-state index is 12.1. The maximum absolute atomic E-state index is 12.1. The van der Waals surface area contributed by atoms with Crippen LogP contribution in [-0.2, 0) is 17.7 Å². The molecule has 2 aliphatic rings. The molecule has 0 saturated carbocycles. The standard InChI is InChI=1S/C33H29NO3/c1-36-26-18-11-22(12-19-26)21-34-30-10-6-5-9-28(30)31(24-13-15-25(16-14-24)33(35)37-2)29-20-17-23-7-3-4-8-27(23)32(29)34/h3-16,18-19,31H,17,20-21H2,1-2H3/t31-/m1/s1. The predicted molar refractivity (Wildman–Crippen MR) is 147 cm³/mol. The zero-order chi connectivity index (χ0) is 25.4. The van der Waals surface area contributed by atoms with E-state index in [-0.39, 0.29) is 11.9 Å². The van der Waals surface area contributed by atoms with Gasteiger partial charge < -0.3 is 14.4 Å². The molecule has 0 N–H and O–H groups in total. The number of hydrogen-bond donors (Lipinski definition) is 0. The van der Waals surface area contributed by atoms with Crippen molar-refractivity contribution in [2.45, 2.75) is 25.3 Å². The summed E-state index contributed by atoms with van der Waals surface area (Å²) in [6.45, 7) is 0.766. The van der Waals surface area contributed by atoms with E-state index in [1.165, 1.54) is 51.9 Å². The fourth-order valence-electron chi connectivity index (χ4n) is 5.80. The number of carbonyl (C=O) groups excluding carboxylic acids is 1. The van der Waals surface area contributed by atoms with E-state index >= 15 is 0 Å². The third-order valence-corrected chi connectivity index (χ3v) is 7.56. The molecule has 0 spiro atoms. The molecule has 4 heteroatoms. The van der Waals surface area contributed by atoms with Gasteiger partial charge in [0, 0.05) is 29.4 Å². The number of para-hydroxylation sites is 1. The number of rotatable bonds is 5. The summed E-state index contributed by atoms with van der Waals surface area (Å²) < 4.78 is 10.3. The SMILES string of the molecule is COC(=O)c1ccc([C@H]2C3=C(c4ccccc4CC3)N(Cc3ccc(OC)cc3)c3ccccc32)cc1. The Labute approximate surface area is 217 Å². The minimum absolute atomic E-state index is 0.123. The topological polar surface area (TPSA) is 38.8 Å². The van der Waals surface area contributed by atoms with Crippen LogP contribution >= 0.6 is 0 Å². The second-order valence-corrected chi connectivity index (χ2v) is 9.57. The van der Waals surface area contributed by atoms with Crippen LogP contribution < -0.4 is 9.64 Å². The van der Waals surface area contributed by atoms with Crippen molar-refractivity contribution in [3.63, 3.8) is 0 Å². The van der Waals surface area contributed by atoms with Gasteiger partial charge in [0.2, 0.25) is 0 Å². The number of aryl methyl sites for hydroxylation is 1. The molecule has 0 radical (unpaired) electrons. The van der Waals surface area contributed by atoms with Crippen molar-refractivity contribution in [3.8, 4) is 5.75 Å². The van der Waals surface area contributed by atoms with E-state index in [4.69, 9.17) is 9.47 Å². The fourth-order valence-corrected chi connectivity index (χ4v) is 5.80. The molecule has 4 aromatic rings. The summed E-state index contributed by atoms with van der Waals surface area (Å²) >= 11 is 0. The monoisotopic (exact) mass is 487 g/mol. The second-order valence-electron chi connectivity index (χ2n) is 9.57. The van der Waals surface area contributed by atoms with Gasteiger partial charge in [0.25, 0.3) is 0 Å². The Hall–Kier alpha value is -4.31. The molecule has 0 aromatic heterocycles. The minimum atomic E-state index is -0.312. The smallest absolute Gasteiger partial charge is 0.337 e. The van der Waals surface area contributed by atoms with Gasteiger partial charge in [-0.15, -0.1) is 0 Å². The van der Waals surface area contributed by atoms with Crippen molar-refractivity contribution in [3.05, 3.63) is 136 Å². The lowest BCUT2D eigenvalue weighted by atomic mass is 9.73. The van der Waals surface area contributed by atoms with Crippen LogP contribution in [0, 0.1) is 0 Å². The van der Waals surface area contributed by atoms with Gasteiger partial charge in [-0.2, -0.15) is 0 Å². The molecule has 1 aliphatic heterocycles. The highest BCUT2D eigenvalue weighted by Crippen LogP contribution is 2.51. The Balaban J connectivity index is 1.52. The summed E-state index contributed by atoms with van der Waals surface area (Å²) in [4.78, 5) is 14.6. The van der Waals surface area contributed by atoms with E-state index in [2.05, 4.69) is 77.7 Å². The third-order valence-electron chi connectivity index (χ3n) is 7.56. The molecule has 1 atom stereocenters. The molecule has 0 bridgehead atoms. The number of anilines is 1. The Morgan fingerprint density at radius 1 is 0.838 bits per heavy atom. The lowest BCUT2D eigenvalue weighted by molar-refractivity contribution is 0.0600. The number of ether oxygens (including phenoxy) is 2. The number of nitrogens with zero attached hydrogens (tertiary/aromatic N) is 1. The average Bonchev–Trinajstić information content (AvgIpc) is 2.97. The first-order valence-corrected chi connectivity index (χ1v) is 12.7. The number of methoxy groups -OCH3 is 2. The molecular formula is C33H29NO3. The quantitative estimate of drug-likeness (QED) is 0.284. The molecule has 0 amide bonds. The summed E-state index contributed by atoms with van der Waals surface area (Å²) in [5.74, 6) is 0.673. The molecule has 1 aliphatic carbocycles. The van der Waals surface area contributed by atoms with E-state index in [1.54, 1.807) is 7.11 Å². The number of hydrogen-bond acceptors (Lipinski definition) is 4. The Kier molecular flexibility index (Phi) is 6.01. The summed E-state index contributed by atoms with van der Waals surface area (Å²) in [5.41, 5.74) is 10.9. The first-order chi connectivity index (χ1) is 18.2. The lowest BCUT2D eigenvalue weighted by Gasteiger charge is -2.42. The molecule has 4 aromatic carbocycles. The van der Waals surface area contributed by atoms with Crippen LogP contribution in [0.4, 0.5) is 5.69 Å². The van der Waals surface area contributed by atoms with E-state index in [0.717, 1.165) is 25.1 Å². The molecule has 184 valence electrons. The van der Waals surface area contributed by atoms with Gasteiger partial charge in [-0.3, -0.25) is 0 Å². The van der Waals surface area contributed by atoms with Crippen LogP contribution in [0.15, 0.2) is 103 Å². The number of esters is 1. The molecule has 37 heavy (non-hydrogen) atoms. The van der Waals surface area contributed by atoms with Crippen LogP contribution in [0.2, 0.25) is 0 Å². The summed E-state index contributed by atoms with van der Waals surface area (Å²) in [6.07, 6.45) is 2.01. The average molecular weight is 488 g/mol. The van der Waals surface area contributed by atoms with Crippen molar-refractivity contribution >= 4 is 17.4 Å². The molecule has 0 fully saturated rings. The van der Waals surface area contributed by atoms with Crippen LogP contribution in [0.3, 0.4) is 0 Å². The molecule has 1 heterocycles. The van der Waals surface area contributed by atoms with Gasteiger partial charge in [-0.1, -0.05) is 66.7 Å². The molecule has 0 saturated heterocycles. The maximum Gasteiger partial charge on any atom is 0.337 e. The van der Waals surface area contributed by atoms with E-state index in [0.29, 0.717) is 5.56 Å². The van der Waals surface area contributed by atoms with E-state index in [1.807, 2.05) is 24.3 Å². The fraction of sp³-hybridized carbons (Fsp3) is 0.182. The normalized spacial score (nSPS) is 15.9. The van der Waals surface area contributed by atoms with Crippen molar-refractivity contribution in [2.75, 3.05) is 19.1 Å².